The largest absolute Gasteiger partial charge is 0.481 e. The third kappa shape index (κ3) is 3.65. The number of aliphatic carboxylic acids is 1. The minimum Gasteiger partial charge on any atom is -0.481 e. The van der Waals surface area contributed by atoms with Crippen LogP contribution in [-0.4, -0.2) is 29.3 Å². The van der Waals surface area contributed by atoms with Crippen molar-refractivity contribution < 1.29 is 18.3 Å². The number of nitrogens with zero attached hydrogens (tertiary/aromatic N) is 2. The fraction of sp³-hybridized carbons (Fsp3) is 0.273. The first kappa shape index (κ1) is 14.7. The van der Waals surface area contributed by atoms with Crippen LogP contribution in [0.25, 0.3) is 0 Å². The zero-order valence-corrected chi connectivity index (χ0v) is 12.2. The molecule has 7 nitrogen and oxygen atoms in total. The number of hydrogen-bond donors (Lipinski definition) is 2. The first-order valence-corrected chi connectivity index (χ1v) is 7.95. The molecule has 2 aromatic heterocycles. The summed E-state index contributed by atoms with van der Waals surface area (Å²) in [6, 6.07) is 4.63. The van der Waals surface area contributed by atoms with Crippen molar-refractivity contribution in [3.8, 4) is 0 Å². The quantitative estimate of drug-likeness (QED) is 0.812. The van der Waals surface area contributed by atoms with Crippen LogP contribution in [0.1, 0.15) is 10.6 Å². The lowest BCUT2D eigenvalue weighted by molar-refractivity contribution is -0.136. The Morgan fingerprint density at radius 2 is 2.20 bits per heavy atom. The van der Waals surface area contributed by atoms with Crippen LogP contribution in [0.4, 0.5) is 0 Å². The van der Waals surface area contributed by atoms with Gasteiger partial charge in [0.1, 0.15) is 4.21 Å². The molecule has 108 valence electrons. The Balaban J connectivity index is 2.06. The van der Waals surface area contributed by atoms with Gasteiger partial charge in [-0.15, -0.1) is 11.3 Å². The summed E-state index contributed by atoms with van der Waals surface area (Å²) >= 11 is 0.952. The second-order valence-electron chi connectivity index (χ2n) is 4.10. The third-order valence-corrected chi connectivity index (χ3v) is 5.42. The van der Waals surface area contributed by atoms with Gasteiger partial charge in [0.2, 0.25) is 10.0 Å². The molecule has 0 bridgehead atoms. The topological polar surface area (TPSA) is 101 Å². The Morgan fingerprint density at radius 3 is 2.80 bits per heavy atom. The number of carboxylic acid groups (broad SMARTS) is 1. The zero-order valence-electron chi connectivity index (χ0n) is 10.6. The number of sulfonamides is 1. The first-order chi connectivity index (χ1) is 9.37. The van der Waals surface area contributed by atoms with Gasteiger partial charge in [-0.1, -0.05) is 0 Å². The second-order valence-corrected chi connectivity index (χ2v) is 7.26. The monoisotopic (exact) mass is 315 g/mol. The van der Waals surface area contributed by atoms with Gasteiger partial charge in [0, 0.05) is 18.1 Å². The third-order valence-electron chi connectivity index (χ3n) is 2.44. The molecule has 0 atom stereocenters. The minimum absolute atomic E-state index is 0.0926. The van der Waals surface area contributed by atoms with Crippen molar-refractivity contribution in [2.75, 3.05) is 0 Å². The van der Waals surface area contributed by atoms with Gasteiger partial charge in [-0.2, -0.15) is 5.10 Å². The highest BCUT2D eigenvalue weighted by atomic mass is 32.2. The van der Waals surface area contributed by atoms with Gasteiger partial charge in [0.25, 0.3) is 0 Å². The van der Waals surface area contributed by atoms with Gasteiger partial charge in [0.15, 0.2) is 0 Å². The van der Waals surface area contributed by atoms with Gasteiger partial charge in [-0.3, -0.25) is 9.48 Å². The maximum absolute atomic E-state index is 12.0. The lowest BCUT2D eigenvalue weighted by Crippen LogP contribution is -2.22. The van der Waals surface area contributed by atoms with E-state index in [2.05, 4.69) is 9.82 Å². The van der Waals surface area contributed by atoms with E-state index in [0.717, 1.165) is 11.3 Å². The molecular formula is C11H13N3O4S2. The van der Waals surface area contributed by atoms with E-state index >= 15 is 0 Å². The predicted octanol–water partition coefficient (Wildman–Crippen LogP) is 0.587. The summed E-state index contributed by atoms with van der Waals surface area (Å²) in [5, 5.41) is 12.7. The molecule has 0 aliphatic heterocycles. The minimum atomic E-state index is -3.64. The predicted molar refractivity (Wildman–Crippen MR) is 72.9 cm³/mol. The van der Waals surface area contributed by atoms with E-state index in [0.29, 0.717) is 10.6 Å². The van der Waals surface area contributed by atoms with Gasteiger partial charge in [-0.05, 0) is 18.2 Å². The van der Waals surface area contributed by atoms with Crippen molar-refractivity contribution in [2.24, 2.45) is 7.05 Å². The van der Waals surface area contributed by atoms with Crippen molar-refractivity contribution >= 4 is 27.3 Å². The van der Waals surface area contributed by atoms with E-state index in [1.54, 1.807) is 24.0 Å². The smallest absolute Gasteiger partial charge is 0.308 e. The standard InChI is InChI=1S/C11H13N3O4S2/c1-14-5-4-8(13-14)7-12-20(17,18)11-3-2-9(19-11)6-10(15)16/h2-5,12H,6-7H2,1H3,(H,15,16). The summed E-state index contributed by atoms with van der Waals surface area (Å²) in [6.07, 6.45) is 1.54. The number of rotatable bonds is 6. The van der Waals surface area contributed by atoms with Gasteiger partial charge < -0.3 is 5.11 Å². The zero-order chi connectivity index (χ0) is 14.8. The molecule has 2 aromatic rings. The summed E-state index contributed by atoms with van der Waals surface area (Å²) in [5.41, 5.74) is 0.610. The second kappa shape index (κ2) is 5.73. The molecule has 2 N–H and O–H groups in total. The number of hydrogen-bond acceptors (Lipinski definition) is 5. The van der Waals surface area contributed by atoms with Crippen LogP contribution in [0.3, 0.4) is 0 Å². The lowest BCUT2D eigenvalue weighted by Gasteiger charge is -2.02. The molecule has 0 amide bonds. The summed E-state index contributed by atoms with van der Waals surface area (Å²) in [4.78, 5) is 11.1. The molecule has 0 radical (unpaired) electrons. The van der Waals surface area contributed by atoms with Gasteiger partial charge in [0.05, 0.1) is 18.7 Å². The maximum Gasteiger partial charge on any atom is 0.308 e. The molecule has 0 aliphatic rings. The first-order valence-electron chi connectivity index (χ1n) is 5.65. The van der Waals surface area contributed by atoms with Crippen molar-refractivity contribution in [1.29, 1.82) is 0 Å². The molecule has 0 aromatic carbocycles. The van der Waals surface area contributed by atoms with E-state index in [1.807, 2.05) is 0 Å². The molecular weight excluding hydrogens is 302 g/mol. The highest BCUT2D eigenvalue weighted by Gasteiger charge is 2.17. The van der Waals surface area contributed by atoms with E-state index in [1.165, 1.54) is 12.1 Å². The Bertz CT molecular complexity index is 718. The van der Waals surface area contributed by atoms with Crippen LogP contribution in [0.2, 0.25) is 0 Å². The molecule has 0 saturated heterocycles. The molecule has 9 heteroatoms. The average Bonchev–Trinajstić information content (AvgIpc) is 2.95. The number of carboxylic acids is 1. The van der Waals surface area contributed by atoms with Crippen molar-refractivity contribution in [2.45, 2.75) is 17.2 Å². The maximum atomic E-state index is 12.0. The summed E-state index contributed by atoms with van der Waals surface area (Å²) in [7, 11) is -1.89. The lowest BCUT2D eigenvalue weighted by atomic mass is 10.3. The highest BCUT2D eigenvalue weighted by molar-refractivity contribution is 7.91. The molecule has 2 rings (SSSR count). The van der Waals surface area contributed by atoms with Gasteiger partial charge >= 0.3 is 5.97 Å². The molecule has 0 fully saturated rings. The van der Waals surface area contributed by atoms with Crippen LogP contribution >= 0.6 is 11.3 Å². The number of thiophene rings is 1. The Morgan fingerprint density at radius 1 is 1.45 bits per heavy atom. The van der Waals surface area contributed by atoms with E-state index in [-0.39, 0.29) is 17.2 Å². The molecule has 0 saturated carbocycles. The summed E-state index contributed by atoms with van der Waals surface area (Å²) in [5.74, 6) is -0.989. The van der Waals surface area contributed by atoms with E-state index in [9.17, 15) is 13.2 Å². The van der Waals surface area contributed by atoms with Crippen molar-refractivity contribution in [1.82, 2.24) is 14.5 Å². The molecule has 0 spiro atoms. The number of nitrogens with one attached hydrogen (secondary N) is 1. The number of carbonyl (C=O) groups is 1. The van der Waals surface area contributed by atoms with Crippen LogP contribution in [-0.2, 0) is 34.8 Å². The Labute approximate surface area is 119 Å². The van der Waals surface area contributed by atoms with Crippen LogP contribution in [0, 0.1) is 0 Å². The van der Waals surface area contributed by atoms with Crippen molar-refractivity contribution in [3.63, 3.8) is 0 Å². The molecule has 0 unspecified atom stereocenters. The number of aromatic nitrogens is 2. The van der Waals surface area contributed by atoms with Crippen LogP contribution in [0.15, 0.2) is 28.6 Å². The fourth-order valence-corrected chi connectivity index (χ4v) is 3.93. The Hall–Kier alpha value is -1.71. The van der Waals surface area contributed by atoms with Crippen LogP contribution < -0.4 is 4.72 Å². The van der Waals surface area contributed by atoms with Crippen molar-refractivity contribution in [3.05, 3.63) is 35.0 Å². The summed E-state index contributed by atoms with van der Waals surface area (Å²) < 4.78 is 28.2. The Kier molecular flexibility index (Phi) is 4.21. The molecule has 2 heterocycles. The highest BCUT2D eigenvalue weighted by Crippen LogP contribution is 2.22. The van der Waals surface area contributed by atoms with E-state index in [4.69, 9.17) is 5.11 Å². The fourth-order valence-electron chi connectivity index (χ4n) is 1.54. The van der Waals surface area contributed by atoms with Gasteiger partial charge in [-0.25, -0.2) is 13.1 Å². The van der Waals surface area contributed by atoms with Crippen LogP contribution in [0.5, 0.6) is 0 Å². The van der Waals surface area contributed by atoms with E-state index < -0.39 is 16.0 Å². The number of aryl methyl sites for hydroxylation is 1. The molecule has 0 aliphatic carbocycles. The SMILES string of the molecule is Cn1ccc(CNS(=O)(=O)c2ccc(CC(=O)O)s2)n1. The average molecular weight is 315 g/mol. The normalized spacial score (nSPS) is 11.7. The summed E-state index contributed by atoms with van der Waals surface area (Å²) in [6.45, 7) is 0.0926. The molecule has 20 heavy (non-hydrogen) atoms.